The van der Waals surface area contributed by atoms with Crippen LogP contribution in [0.1, 0.15) is 47.1 Å². The minimum Gasteiger partial charge on any atom is -0.443 e. The summed E-state index contributed by atoms with van der Waals surface area (Å²) in [5.41, 5.74) is -1.89. The lowest BCUT2D eigenvalue weighted by atomic mass is 9.98. The van der Waals surface area contributed by atoms with E-state index >= 15 is 0 Å². The summed E-state index contributed by atoms with van der Waals surface area (Å²) in [7, 11) is 0. The number of rotatable bonds is 4. The molecule has 168 valence electrons. The number of ether oxygens (including phenoxy) is 2. The zero-order valence-corrected chi connectivity index (χ0v) is 18.6. The van der Waals surface area contributed by atoms with Crippen LogP contribution in [-0.4, -0.2) is 40.0 Å². The molecule has 2 amide bonds. The molecule has 31 heavy (non-hydrogen) atoms. The molecule has 0 aliphatic heterocycles. The zero-order chi connectivity index (χ0) is 23.6. The fraction of sp³-hybridized carbons (Fsp3) is 0.455. The first-order chi connectivity index (χ1) is 14.2. The van der Waals surface area contributed by atoms with Crippen molar-refractivity contribution < 1.29 is 29.1 Å². The molecule has 2 rings (SSSR count). The number of nitro benzene ring substituents is 1. The largest absolute Gasteiger partial charge is 0.443 e. The Bertz CT molecular complexity index is 975. The van der Waals surface area contributed by atoms with E-state index in [9.17, 15) is 24.8 Å². The first-order valence-electron chi connectivity index (χ1n) is 9.81. The molecule has 0 heterocycles. The van der Waals surface area contributed by atoms with Gasteiger partial charge in [0.15, 0.2) is 0 Å². The zero-order valence-electron chi connectivity index (χ0n) is 18.6. The lowest BCUT2D eigenvalue weighted by Gasteiger charge is -2.29. The Balaban J connectivity index is 2.82. The van der Waals surface area contributed by atoms with Crippen LogP contribution in [0.25, 0.3) is 10.8 Å². The summed E-state index contributed by atoms with van der Waals surface area (Å²) >= 11 is 0. The van der Waals surface area contributed by atoms with Gasteiger partial charge in [0, 0.05) is 30.0 Å². The van der Waals surface area contributed by atoms with E-state index in [2.05, 4.69) is 0 Å². The third kappa shape index (κ3) is 5.91. The number of aliphatic hydroxyl groups is 1. The number of anilines is 1. The van der Waals surface area contributed by atoms with Crippen LogP contribution in [0.15, 0.2) is 30.3 Å². The lowest BCUT2D eigenvalue weighted by molar-refractivity contribution is -0.385. The second-order valence-corrected chi connectivity index (χ2v) is 8.97. The predicted molar refractivity (Wildman–Crippen MR) is 116 cm³/mol. The van der Waals surface area contributed by atoms with Gasteiger partial charge in [0.05, 0.1) is 10.6 Å². The van der Waals surface area contributed by atoms with Crippen molar-refractivity contribution in [2.75, 3.05) is 11.5 Å². The highest BCUT2D eigenvalue weighted by molar-refractivity contribution is 6.16. The number of imide groups is 1. The average molecular weight is 432 g/mol. The molecular weight excluding hydrogens is 404 g/mol. The molecule has 0 aliphatic rings. The Kier molecular flexibility index (Phi) is 6.90. The Labute approximate surface area is 180 Å². The summed E-state index contributed by atoms with van der Waals surface area (Å²) in [4.78, 5) is 37.9. The van der Waals surface area contributed by atoms with Crippen LogP contribution >= 0.6 is 0 Å². The molecule has 0 saturated heterocycles. The molecular formula is C22H28N2O7. The van der Waals surface area contributed by atoms with Gasteiger partial charge in [-0.15, -0.1) is 0 Å². The first-order valence-corrected chi connectivity index (χ1v) is 9.81. The second-order valence-electron chi connectivity index (χ2n) is 8.97. The first kappa shape index (κ1) is 24.1. The van der Waals surface area contributed by atoms with Crippen LogP contribution < -0.4 is 4.90 Å². The number of carbonyl (C=O) groups is 2. The highest BCUT2D eigenvalue weighted by Crippen LogP contribution is 2.37. The standard InChI is InChI=1S/C22H28N2O7/c1-21(2,3)30-19(26)23(20(27)31-22(4,5)6)17-13-18(24(28)29)16(11-12-25)14-9-7-8-10-15(14)17/h7-10,13,25H,11-12H2,1-6H3. The average Bonchev–Trinajstić information content (AvgIpc) is 2.60. The Morgan fingerprint density at radius 3 is 1.90 bits per heavy atom. The van der Waals surface area contributed by atoms with Crippen LogP contribution in [0.3, 0.4) is 0 Å². The molecule has 0 fully saturated rings. The maximum Gasteiger partial charge on any atom is 0.424 e. The van der Waals surface area contributed by atoms with Crippen LogP contribution in [0.4, 0.5) is 21.0 Å². The molecule has 0 aromatic heterocycles. The van der Waals surface area contributed by atoms with E-state index in [0.29, 0.717) is 21.2 Å². The van der Waals surface area contributed by atoms with E-state index < -0.39 is 28.3 Å². The molecule has 2 aromatic carbocycles. The molecule has 9 heteroatoms. The molecule has 0 saturated carbocycles. The molecule has 0 spiro atoms. The Hall–Kier alpha value is -3.20. The number of nitro groups is 1. The molecule has 0 bridgehead atoms. The summed E-state index contributed by atoms with van der Waals surface area (Å²) in [6.07, 6.45) is -2.00. The molecule has 0 aliphatic carbocycles. The van der Waals surface area contributed by atoms with Crippen molar-refractivity contribution in [3.8, 4) is 0 Å². The van der Waals surface area contributed by atoms with Crippen molar-refractivity contribution in [2.45, 2.75) is 59.2 Å². The van der Waals surface area contributed by atoms with Gasteiger partial charge in [-0.2, -0.15) is 4.90 Å². The van der Waals surface area contributed by atoms with Crippen molar-refractivity contribution >= 4 is 34.3 Å². The van der Waals surface area contributed by atoms with Gasteiger partial charge < -0.3 is 14.6 Å². The van der Waals surface area contributed by atoms with Gasteiger partial charge >= 0.3 is 12.2 Å². The predicted octanol–water partition coefficient (Wildman–Crippen LogP) is 4.96. The molecule has 0 radical (unpaired) electrons. The van der Waals surface area contributed by atoms with Gasteiger partial charge in [-0.05, 0) is 46.9 Å². The lowest BCUT2D eigenvalue weighted by Crippen LogP contribution is -2.44. The smallest absolute Gasteiger partial charge is 0.424 e. The van der Waals surface area contributed by atoms with Crippen LogP contribution in [0, 0.1) is 10.1 Å². The van der Waals surface area contributed by atoms with E-state index in [-0.39, 0.29) is 24.4 Å². The number of carbonyl (C=O) groups excluding carboxylic acids is 2. The summed E-state index contributed by atoms with van der Waals surface area (Å²) < 4.78 is 10.8. The summed E-state index contributed by atoms with van der Waals surface area (Å²) in [6, 6.07) is 7.78. The maximum absolute atomic E-state index is 13.0. The van der Waals surface area contributed by atoms with Gasteiger partial charge in [0.1, 0.15) is 11.2 Å². The SMILES string of the molecule is CC(C)(C)OC(=O)N(C(=O)OC(C)(C)C)c1cc([N+](=O)[O-])c(CCO)c2ccccc12. The topological polar surface area (TPSA) is 119 Å². The highest BCUT2D eigenvalue weighted by atomic mass is 16.6. The summed E-state index contributed by atoms with van der Waals surface area (Å²) in [5.74, 6) is 0. The maximum atomic E-state index is 13.0. The van der Waals surface area contributed by atoms with Crippen LogP contribution in [0.5, 0.6) is 0 Å². The van der Waals surface area contributed by atoms with Crippen molar-refractivity contribution in [3.05, 3.63) is 46.0 Å². The van der Waals surface area contributed by atoms with Gasteiger partial charge in [-0.3, -0.25) is 10.1 Å². The van der Waals surface area contributed by atoms with E-state index in [1.165, 1.54) is 0 Å². The fourth-order valence-corrected chi connectivity index (χ4v) is 3.01. The van der Waals surface area contributed by atoms with Crippen molar-refractivity contribution in [3.63, 3.8) is 0 Å². The Morgan fingerprint density at radius 1 is 1.00 bits per heavy atom. The normalized spacial score (nSPS) is 11.8. The van der Waals surface area contributed by atoms with Gasteiger partial charge in [0.25, 0.3) is 5.69 Å². The van der Waals surface area contributed by atoms with E-state index in [4.69, 9.17) is 9.47 Å². The molecule has 0 atom stereocenters. The quantitative estimate of drug-likeness (QED) is 0.535. The van der Waals surface area contributed by atoms with Gasteiger partial charge in [-0.1, -0.05) is 24.3 Å². The summed E-state index contributed by atoms with van der Waals surface area (Å²) in [5, 5.41) is 22.1. The van der Waals surface area contributed by atoms with Gasteiger partial charge in [0.2, 0.25) is 0 Å². The van der Waals surface area contributed by atoms with Crippen molar-refractivity contribution in [1.82, 2.24) is 0 Å². The van der Waals surface area contributed by atoms with Crippen molar-refractivity contribution in [1.29, 1.82) is 0 Å². The van der Waals surface area contributed by atoms with Crippen LogP contribution in [0.2, 0.25) is 0 Å². The van der Waals surface area contributed by atoms with Crippen LogP contribution in [-0.2, 0) is 15.9 Å². The molecule has 2 aromatic rings. The number of hydrogen-bond donors (Lipinski definition) is 1. The number of benzene rings is 2. The van der Waals surface area contributed by atoms with E-state index in [1.807, 2.05) is 0 Å². The van der Waals surface area contributed by atoms with Crippen molar-refractivity contribution in [2.24, 2.45) is 0 Å². The number of aliphatic hydroxyl groups excluding tert-OH is 1. The minimum atomic E-state index is -1.02. The van der Waals surface area contributed by atoms with Gasteiger partial charge in [-0.25, -0.2) is 9.59 Å². The Morgan fingerprint density at radius 2 is 1.48 bits per heavy atom. The number of fused-ring (bicyclic) bond motifs is 1. The minimum absolute atomic E-state index is 0.0347. The van der Waals surface area contributed by atoms with E-state index in [1.54, 1.807) is 65.8 Å². The number of nitrogens with zero attached hydrogens (tertiary/aromatic N) is 2. The molecule has 1 N–H and O–H groups in total. The second kappa shape index (κ2) is 8.89. The molecule has 9 nitrogen and oxygen atoms in total. The van der Waals surface area contributed by atoms with E-state index in [0.717, 1.165) is 6.07 Å². The fourth-order valence-electron chi connectivity index (χ4n) is 3.01. The number of hydrogen-bond acceptors (Lipinski definition) is 7. The molecule has 0 unspecified atom stereocenters. The monoisotopic (exact) mass is 432 g/mol. The highest BCUT2D eigenvalue weighted by Gasteiger charge is 2.35. The third-order valence-electron chi connectivity index (χ3n) is 4.06. The third-order valence-corrected chi connectivity index (χ3v) is 4.06. The number of amides is 2. The summed E-state index contributed by atoms with van der Waals surface area (Å²) in [6.45, 7) is 9.55.